The summed E-state index contributed by atoms with van der Waals surface area (Å²) in [6.07, 6.45) is 0.118. The lowest BCUT2D eigenvalue weighted by molar-refractivity contribution is -0.0111. The van der Waals surface area contributed by atoms with Gasteiger partial charge in [-0.1, -0.05) is 13.8 Å². The molecule has 0 saturated carbocycles. The highest BCUT2D eigenvalue weighted by Gasteiger charge is 2.37. The number of fused-ring (bicyclic) bond motifs is 1. The van der Waals surface area contributed by atoms with E-state index in [2.05, 4.69) is 18.8 Å². The summed E-state index contributed by atoms with van der Waals surface area (Å²) in [5.74, 6) is -2.23. The van der Waals surface area contributed by atoms with E-state index in [1.165, 1.54) is 11.3 Å². The average molecular weight is 314 g/mol. The molecule has 2 aromatic heterocycles. The third kappa shape index (κ3) is 2.35. The van der Waals surface area contributed by atoms with Crippen LogP contribution in [0.5, 0.6) is 0 Å². The minimum Gasteiger partial charge on any atom is -0.390 e. The molecule has 3 rings (SSSR count). The van der Waals surface area contributed by atoms with Gasteiger partial charge in [-0.25, -0.2) is 13.8 Å². The van der Waals surface area contributed by atoms with E-state index < -0.39 is 5.92 Å². The number of rotatable bonds is 2. The second-order valence-electron chi connectivity index (χ2n) is 5.51. The molecule has 2 N–H and O–H groups in total. The van der Waals surface area contributed by atoms with E-state index in [0.29, 0.717) is 17.3 Å². The summed E-state index contributed by atoms with van der Waals surface area (Å²) in [5.41, 5.74) is 8.99. The number of aromatic nitrogens is 1. The first-order chi connectivity index (χ1) is 9.37. The van der Waals surface area contributed by atoms with Crippen molar-refractivity contribution in [2.24, 2.45) is 0 Å². The number of alkyl halides is 2. The second-order valence-corrected chi connectivity index (χ2v) is 7.50. The minimum absolute atomic E-state index is 0.0917. The molecule has 1 aliphatic rings. The fourth-order valence-corrected chi connectivity index (χ4v) is 4.80. The molecule has 0 unspecified atom stereocenters. The van der Waals surface area contributed by atoms with Crippen molar-refractivity contribution >= 4 is 27.7 Å². The molecule has 6 heteroatoms. The number of anilines is 1. The zero-order valence-electron chi connectivity index (χ0n) is 11.4. The van der Waals surface area contributed by atoms with Crippen LogP contribution in [0.4, 0.5) is 13.8 Å². The molecular formula is C14H16F2N2S2. The molecule has 108 valence electrons. The van der Waals surface area contributed by atoms with Gasteiger partial charge in [0.1, 0.15) is 5.01 Å². The van der Waals surface area contributed by atoms with Crippen molar-refractivity contribution in [2.75, 3.05) is 5.73 Å². The Morgan fingerprint density at radius 1 is 1.40 bits per heavy atom. The Morgan fingerprint density at radius 2 is 2.15 bits per heavy atom. The molecule has 0 aromatic carbocycles. The molecule has 0 saturated heterocycles. The predicted molar refractivity (Wildman–Crippen MR) is 80.9 cm³/mol. The van der Waals surface area contributed by atoms with Gasteiger partial charge in [-0.05, 0) is 17.9 Å². The smallest absolute Gasteiger partial charge is 0.253 e. The maximum atomic E-state index is 13.5. The van der Waals surface area contributed by atoms with Gasteiger partial charge in [-0.3, -0.25) is 0 Å². The van der Waals surface area contributed by atoms with E-state index in [4.69, 9.17) is 5.73 Å². The molecule has 1 aliphatic carbocycles. The number of thiophene rings is 1. The highest BCUT2D eigenvalue weighted by atomic mass is 32.1. The molecule has 0 spiro atoms. The standard InChI is InChI=1S/C14H16F2N2S2/c1-7(2)9-6-19-13(18-9)11-8-3-4-14(15,16)5-10(8)20-12(11)17/h6-7H,3-5,17H2,1-2H3. The van der Waals surface area contributed by atoms with Crippen molar-refractivity contribution in [3.8, 4) is 10.6 Å². The van der Waals surface area contributed by atoms with Crippen molar-refractivity contribution in [1.82, 2.24) is 4.98 Å². The van der Waals surface area contributed by atoms with Gasteiger partial charge in [0, 0.05) is 28.7 Å². The third-order valence-electron chi connectivity index (χ3n) is 3.61. The van der Waals surface area contributed by atoms with Crippen LogP contribution < -0.4 is 5.73 Å². The molecule has 0 atom stereocenters. The molecule has 2 aromatic rings. The van der Waals surface area contributed by atoms with Crippen LogP contribution in [0.1, 0.15) is 42.3 Å². The number of nitrogens with zero attached hydrogens (tertiary/aromatic N) is 1. The zero-order valence-corrected chi connectivity index (χ0v) is 13.0. The Balaban J connectivity index is 2.04. The number of hydrogen-bond acceptors (Lipinski definition) is 4. The van der Waals surface area contributed by atoms with Crippen LogP contribution in [0, 0.1) is 0 Å². The summed E-state index contributed by atoms with van der Waals surface area (Å²) >= 11 is 2.85. The van der Waals surface area contributed by atoms with Crippen molar-refractivity contribution in [3.05, 3.63) is 21.5 Å². The van der Waals surface area contributed by atoms with E-state index in [0.717, 1.165) is 26.7 Å². The van der Waals surface area contributed by atoms with E-state index in [9.17, 15) is 8.78 Å². The number of nitrogens with two attached hydrogens (primary N) is 1. The van der Waals surface area contributed by atoms with Gasteiger partial charge < -0.3 is 5.73 Å². The van der Waals surface area contributed by atoms with Crippen molar-refractivity contribution in [1.29, 1.82) is 0 Å². The summed E-state index contributed by atoms with van der Waals surface area (Å²) in [6.45, 7) is 4.18. The van der Waals surface area contributed by atoms with Crippen LogP contribution >= 0.6 is 22.7 Å². The van der Waals surface area contributed by atoms with E-state index in [1.807, 2.05) is 5.38 Å². The minimum atomic E-state index is -2.59. The molecule has 0 amide bonds. The van der Waals surface area contributed by atoms with Gasteiger partial charge in [0.2, 0.25) is 0 Å². The molecule has 2 nitrogen and oxygen atoms in total. The number of hydrogen-bond donors (Lipinski definition) is 1. The average Bonchev–Trinajstić information content (AvgIpc) is 2.90. The Morgan fingerprint density at radius 3 is 2.80 bits per heavy atom. The second kappa shape index (κ2) is 4.77. The van der Waals surface area contributed by atoms with Gasteiger partial charge in [-0.15, -0.1) is 22.7 Å². The normalized spacial score (nSPS) is 17.4. The fourth-order valence-electron chi connectivity index (χ4n) is 2.47. The topological polar surface area (TPSA) is 38.9 Å². The molecule has 0 radical (unpaired) electrons. The molecule has 0 bridgehead atoms. The number of halogens is 2. The van der Waals surface area contributed by atoms with E-state index >= 15 is 0 Å². The number of thiazole rings is 1. The monoisotopic (exact) mass is 314 g/mol. The highest BCUT2D eigenvalue weighted by molar-refractivity contribution is 7.18. The predicted octanol–water partition coefficient (Wildman–Crippen LogP) is 4.70. The molecule has 20 heavy (non-hydrogen) atoms. The summed E-state index contributed by atoms with van der Waals surface area (Å²) in [6, 6.07) is 0. The van der Waals surface area contributed by atoms with Crippen LogP contribution in [-0.4, -0.2) is 10.9 Å². The Labute approximate surface area is 124 Å². The third-order valence-corrected chi connectivity index (χ3v) is 5.54. The molecular weight excluding hydrogens is 298 g/mol. The van der Waals surface area contributed by atoms with Crippen LogP contribution in [0.15, 0.2) is 5.38 Å². The van der Waals surface area contributed by atoms with Gasteiger partial charge >= 0.3 is 0 Å². The van der Waals surface area contributed by atoms with Gasteiger partial charge in [0.15, 0.2) is 0 Å². The van der Waals surface area contributed by atoms with Crippen molar-refractivity contribution in [3.63, 3.8) is 0 Å². The molecule has 2 heterocycles. The van der Waals surface area contributed by atoms with Crippen LogP contribution in [0.3, 0.4) is 0 Å². The molecule has 0 fully saturated rings. The Bertz CT molecular complexity index is 644. The first-order valence-electron chi connectivity index (χ1n) is 6.61. The lowest BCUT2D eigenvalue weighted by atomic mass is 9.93. The largest absolute Gasteiger partial charge is 0.390 e. The fraction of sp³-hybridized carbons (Fsp3) is 0.500. The SMILES string of the molecule is CC(C)c1csc(-c2c(N)sc3c2CCC(F)(F)C3)n1. The Hall–Kier alpha value is -1.01. The van der Waals surface area contributed by atoms with Gasteiger partial charge in [0.25, 0.3) is 5.92 Å². The van der Waals surface area contributed by atoms with Crippen molar-refractivity contribution < 1.29 is 8.78 Å². The highest BCUT2D eigenvalue weighted by Crippen LogP contribution is 2.46. The number of nitrogen functional groups attached to an aromatic ring is 1. The maximum absolute atomic E-state index is 13.5. The van der Waals surface area contributed by atoms with Gasteiger partial charge in [-0.2, -0.15) is 0 Å². The maximum Gasteiger partial charge on any atom is 0.253 e. The zero-order chi connectivity index (χ0) is 14.5. The molecule has 0 aliphatic heterocycles. The van der Waals surface area contributed by atoms with E-state index in [1.54, 1.807) is 11.3 Å². The summed E-state index contributed by atoms with van der Waals surface area (Å²) in [7, 11) is 0. The summed E-state index contributed by atoms with van der Waals surface area (Å²) in [5, 5.41) is 3.52. The summed E-state index contributed by atoms with van der Waals surface area (Å²) in [4.78, 5) is 5.35. The first kappa shape index (κ1) is 13.9. The summed E-state index contributed by atoms with van der Waals surface area (Å²) < 4.78 is 27.0. The van der Waals surface area contributed by atoms with Crippen LogP contribution in [0.25, 0.3) is 10.6 Å². The van der Waals surface area contributed by atoms with Crippen LogP contribution in [0.2, 0.25) is 0 Å². The van der Waals surface area contributed by atoms with Crippen molar-refractivity contribution in [2.45, 2.75) is 45.0 Å². The lowest BCUT2D eigenvalue weighted by Gasteiger charge is -2.21. The Kier molecular flexibility index (Phi) is 3.33. The first-order valence-corrected chi connectivity index (χ1v) is 8.30. The van der Waals surface area contributed by atoms with Crippen LogP contribution in [-0.2, 0) is 12.8 Å². The quantitative estimate of drug-likeness (QED) is 0.872. The van der Waals surface area contributed by atoms with E-state index in [-0.39, 0.29) is 12.8 Å². The lowest BCUT2D eigenvalue weighted by Crippen LogP contribution is -2.24. The van der Waals surface area contributed by atoms with Gasteiger partial charge in [0.05, 0.1) is 10.7 Å².